The molecule has 68 heavy (non-hydrogen) atoms. The van der Waals surface area contributed by atoms with Crippen molar-refractivity contribution < 1.29 is 8.83 Å². The molecular formula is C63H55BN2O2. The molecule has 5 heteroatoms. The highest BCUT2D eigenvalue weighted by atomic mass is 16.3. The van der Waals surface area contributed by atoms with Crippen LogP contribution >= 0.6 is 0 Å². The summed E-state index contributed by atoms with van der Waals surface area (Å²) < 4.78 is 16.7. The fourth-order valence-electron chi connectivity index (χ4n) is 12.9. The van der Waals surface area contributed by atoms with Crippen LogP contribution in [0.25, 0.3) is 93.6 Å². The summed E-state index contributed by atoms with van der Waals surface area (Å²) in [6, 6.07) is 50.2. The van der Waals surface area contributed by atoms with Crippen LogP contribution in [0, 0.1) is 0 Å². The van der Waals surface area contributed by atoms with Gasteiger partial charge in [-0.05, 0) is 140 Å². The van der Waals surface area contributed by atoms with Gasteiger partial charge in [0.15, 0.2) is 7.28 Å². The summed E-state index contributed by atoms with van der Waals surface area (Å²) in [4.78, 5) is 0. The van der Waals surface area contributed by atoms with Crippen LogP contribution in [0.4, 0.5) is 11.4 Å². The van der Waals surface area contributed by atoms with E-state index in [2.05, 4.69) is 206 Å². The molecule has 14 rings (SSSR count). The van der Waals surface area contributed by atoms with E-state index < -0.39 is 0 Å². The molecule has 2 aliphatic carbocycles. The minimum absolute atomic E-state index is 0.0286. The Labute approximate surface area is 398 Å². The molecule has 0 bridgehead atoms. The summed E-state index contributed by atoms with van der Waals surface area (Å²) >= 11 is 0. The normalized spacial score (nSPS) is 16.4. The van der Waals surface area contributed by atoms with Gasteiger partial charge in [0.25, 0.3) is 0 Å². The summed E-state index contributed by atoms with van der Waals surface area (Å²) in [5, 5.41) is 11.1. The lowest BCUT2D eigenvalue weighted by molar-refractivity contribution is 0.332. The number of fused-ring (bicyclic) bond motifs is 16. The van der Waals surface area contributed by atoms with Crippen molar-refractivity contribution in [2.24, 2.45) is 0 Å². The molecule has 0 amide bonds. The number of para-hydroxylation sites is 2. The first-order valence-corrected chi connectivity index (χ1v) is 24.7. The molecule has 0 saturated carbocycles. The number of hydrogen-bond donors (Lipinski definition) is 1. The zero-order valence-electron chi connectivity index (χ0n) is 40.6. The monoisotopic (exact) mass is 882 g/mol. The Kier molecular flexibility index (Phi) is 7.77. The topological polar surface area (TPSA) is 43.2 Å². The summed E-state index contributed by atoms with van der Waals surface area (Å²) in [6.07, 6.45) is 2.29. The highest BCUT2D eigenvalue weighted by Gasteiger charge is 2.41. The Hall–Kier alpha value is -6.98. The molecule has 3 aliphatic rings. The van der Waals surface area contributed by atoms with Crippen LogP contribution in [0.5, 0.6) is 0 Å². The highest BCUT2D eigenvalue weighted by Crippen LogP contribution is 2.55. The van der Waals surface area contributed by atoms with E-state index in [9.17, 15) is 0 Å². The lowest BCUT2D eigenvalue weighted by Gasteiger charge is -2.42. The Morgan fingerprint density at radius 2 is 1.24 bits per heavy atom. The average Bonchev–Trinajstić information content (AvgIpc) is 4.04. The van der Waals surface area contributed by atoms with E-state index in [1.54, 1.807) is 0 Å². The Bertz CT molecular complexity index is 4030. The fourth-order valence-corrected chi connectivity index (χ4v) is 12.9. The van der Waals surface area contributed by atoms with Gasteiger partial charge in [0.1, 0.15) is 22.3 Å². The summed E-state index contributed by atoms with van der Waals surface area (Å²) in [6.45, 7) is 21.4. The van der Waals surface area contributed by atoms with Crippen molar-refractivity contribution in [1.82, 2.24) is 4.57 Å². The Morgan fingerprint density at radius 3 is 1.99 bits per heavy atom. The smallest absolute Gasteiger partial charge is 0.198 e. The summed E-state index contributed by atoms with van der Waals surface area (Å²) in [5.74, 6) is 0. The molecule has 4 nitrogen and oxygen atoms in total. The quantitative estimate of drug-likeness (QED) is 0.180. The van der Waals surface area contributed by atoms with Crippen molar-refractivity contribution in [3.8, 4) is 27.9 Å². The van der Waals surface area contributed by atoms with Crippen molar-refractivity contribution in [3.05, 3.63) is 161 Å². The third-order valence-electron chi connectivity index (χ3n) is 16.8. The molecule has 4 heterocycles. The number of nitrogens with zero attached hydrogens (tertiary/aromatic N) is 1. The van der Waals surface area contributed by atoms with Crippen molar-refractivity contribution >= 4 is 95.3 Å². The molecule has 0 unspecified atom stereocenters. The van der Waals surface area contributed by atoms with E-state index in [0.717, 1.165) is 70.0 Å². The van der Waals surface area contributed by atoms with Gasteiger partial charge in [-0.25, -0.2) is 0 Å². The predicted octanol–water partition coefficient (Wildman–Crippen LogP) is 15.6. The lowest BCUT2D eigenvalue weighted by Crippen LogP contribution is -2.37. The fraction of sp³-hybridized carbons (Fsp3) is 0.238. The van der Waals surface area contributed by atoms with Gasteiger partial charge < -0.3 is 18.7 Å². The molecule has 8 aromatic carbocycles. The van der Waals surface area contributed by atoms with E-state index in [1.807, 2.05) is 0 Å². The molecule has 332 valence electrons. The number of rotatable bonds is 3. The number of nitrogens with one attached hydrogen (secondary N) is 1. The van der Waals surface area contributed by atoms with Gasteiger partial charge in [-0.3, -0.25) is 0 Å². The number of benzene rings is 8. The number of hydrogen-bond acceptors (Lipinski definition) is 3. The van der Waals surface area contributed by atoms with Crippen molar-refractivity contribution in [2.45, 2.75) is 96.8 Å². The number of anilines is 2. The lowest BCUT2D eigenvalue weighted by atomic mass is 9.58. The van der Waals surface area contributed by atoms with E-state index >= 15 is 0 Å². The summed E-state index contributed by atoms with van der Waals surface area (Å²) in [7, 11) is 0.732. The van der Waals surface area contributed by atoms with E-state index in [-0.39, 0.29) is 21.7 Å². The van der Waals surface area contributed by atoms with Crippen LogP contribution in [0.3, 0.4) is 0 Å². The Balaban J connectivity index is 1.17. The van der Waals surface area contributed by atoms with Crippen LogP contribution in [0.1, 0.15) is 103 Å². The van der Waals surface area contributed by atoms with Gasteiger partial charge in [-0.2, -0.15) is 0 Å². The van der Waals surface area contributed by atoms with Crippen LogP contribution in [0.2, 0.25) is 0 Å². The second-order valence-electron chi connectivity index (χ2n) is 23.2. The third-order valence-corrected chi connectivity index (χ3v) is 16.8. The van der Waals surface area contributed by atoms with Gasteiger partial charge in [-0.1, -0.05) is 141 Å². The van der Waals surface area contributed by atoms with Crippen LogP contribution in [-0.2, 0) is 21.7 Å². The van der Waals surface area contributed by atoms with Crippen LogP contribution in [0.15, 0.2) is 142 Å². The van der Waals surface area contributed by atoms with Crippen molar-refractivity contribution in [2.75, 3.05) is 5.32 Å². The Morgan fingerprint density at radius 1 is 0.559 bits per heavy atom. The molecule has 3 aromatic heterocycles. The first-order chi connectivity index (χ1) is 32.6. The second-order valence-corrected chi connectivity index (χ2v) is 23.2. The van der Waals surface area contributed by atoms with Crippen molar-refractivity contribution in [3.63, 3.8) is 0 Å². The molecule has 1 aliphatic heterocycles. The largest absolute Gasteiger partial charge is 0.456 e. The van der Waals surface area contributed by atoms with E-state index in [4.69, 9.17) is 8.83 Å². The number of furan rings is 2. The maximum absolute atomic E-state index is 7.35. The molecule has 0 radical (unpaired) electrons. The number of aromatic nitrogens is 1. The molecule has 1 N–H and O–H groups in total. The average molecular weight is 883 g/mol. The minimum atomic E-state index is -0.184. The second kappa shape index (κ2) is 13.2. The van der Waals surface area contributed by atoms with Crippen LogP contribution in [-0.4, -0.2) is 11.8 Å². The van der Waals surface area contributed by atoms with Gasteiger partial charge in [0, 0.05) is 55.0 Å². The zero-order valence-corrected chi connectivity index (χ0v) is 40.6. The SMILES string of the molecule is CC(C)(C)c1ccc(Nc2cc3c(cc2-c2c4c5c(c6cc7c(cc6n5-c5cc6c(cc5B4)oc4ccccc46)C(C)(C)CCC7(C)C)c4oc5ccccc5c24)-c2ccccc2C3(C)C)cc1. The van der Waals surface area contributed by atoms with Gasteiger partial charge in [0.2, 0.25) is 0 Å². The molecule has 0 saturated heterocycles. The summed E-state index contributed by atoms with van der Waals surface area (Å²) in [5.41, 5.74) is 24.0. The van der Waals surface area contributed by atoms with Gasteiger partial charge in [-0.15, -0.1) is 0 Å². The van der Waals surface area contributed by atoms with Gasteiger partial charge in [0.05, 0.1) is 16.4 Å². The standard InChI is InChI=1S/C63H55BN2O2/c1-60(2,3)34-22-24-35(25-23-34)65-48-31-44-39(36-16-10-13-19-43(36)63(44,8)9)28-41(48)54-55-38-18-12-15-21-52(38)68-59(55)56-42-29-45-46(62(6,7)27-26-61(45,4)5)32-49(42)66-50-30-40-37-17-11-14-20-51(37)67-53(40)33-47(50)64-57(54)58(56)66/h10-25,28-33,64-65H,26-27H2,1-9H3. The van der Waals surface area contributed by atoms with Gasteiger partial charge >= 0.3 is 0 Å². The van der Waals surface area contributed by atoms with E-state index in [1.165, 1.54) is 93.9 Å². The third kappa shape index (κ3) is 5.33. The predicted molar refractivity (Wildman–Crippen MR) is 288 cm³/mol. The van der Waals surface area contributed by atoms with E-state index in [0.29, 0.717) is 0 Å². The maximum atomic E-state index is 7.35. The minimum Gasteiger partial charge on any atom is -0.456 e. The maximum Gasteiger partial charge on any atom is 0.198 e. The first-order valence-electron chi connectivity index (χ1n) is 24.7. The molecule has 11 aromatic rings. The molecule has 0 spiro atoms. The molecule has 0 atom stereocenters. The first kappa shape index (κ1) is 40.1. The van der Waals surface area contributed by atoms with Crippen molar-refractivity contribution in [1.29, 1.82) is 0 Å². The molecular weight excluding hydrogens is 828 g/mol. The molecule has 0 fully saturated rings. The van der Waals surface area contributed by atoms with Crippen LogP contribution < -0.4 is 16.2 Å². The zero-order chi connectivity index (χ0) is 46.4. The highest BCUT2D eigenvalue weighted by molar-refractivity contribution is 6.74.